The van der Waals surface area contributed by atoms with E-state index in [1.54, 1.807) is 18.1 Å². The van der Waals surface area contributed by atoms with Crippen LogP contribution in [-0.2, 0) is 4.74 Å². The van der Waals surface area contributed by atoms with E-state index in [9.17, 15) is 0 Å². The molecule has 4 atom stereocenters. The van der Waals surface area contributed by atoms with Crippen molar-refractivity contribution >= 4 is 8.07 Å². The van der Waals surface area contributed by atoms with Gasteiger partial charge in [-0.15, -0.1) is 0 Å². The van der Waals surface area contributed by atoms with Crippen molar-refractivity contribution in [2.45, 2.75) is 160 Å². The number of hydrogen-bond acceptors (Lipinski definition) is 1. The molecule has 1 aliphatic heterocycles. The van der Waals surface area contributed by atoms with Crippen LogP contribution in [0.2, 0.25) is 23.7 Å². The predicted molar refractivity (Wildman–Crippen MR) is 128 cm³/mol. The van der Waals surface area contributed by atoms with Gasteiger partial charge in [0, 0.05) is 0 Å². The van der Waals surface area contributed by atoms with E-state index in [0.717, 1.165) is 11.5 Å². The fourth-order valence-corrected chi connectivity index (χ4v) is 12.4. The van der Waals surface area contributed by atoms with Gasteiger partial charge in [0.05, 0.1) is 20.3 Å². The van der Waals surface area contributed by atoms with Gasteiger partial charge in [0.1, 0.15) is 0 Å². The molecule has 0 N–H and O–H groups in total. The van der Waals surface area contributed by atoms with Crippen LogP contribution in [0, 0.1) is 5.92 Å². The highest BCUT2D eigenvalue weighted by Gasteiger charge is 2.49. The number of hydrogen-bond donors (Lipinski definition) is 0. The second-order valence-electron chi connectivity index (χ2n) is 10.4. The highest BCUT2D eigenvalue weighted by atomic mass is 28.3. The second-order valence-corrected chi connectivity index (χ2v) is 15.5. The van der Waals surface area contributed by atoms with E-state index in [2.05, 4.69) is 27.7 Å². The van der Waals surface area contributed by atoms with Crippen molar-refractivity contribution in [1.29, 1.82) is 0 Å². The molecule has 2 aliphatic rings. The van der Waals surface area contributed by atoms with Crippen LogP contribution in [-0.4, -0.2) is 20.3 Å². The molecule has 1 heterocycles. The van der Waals surface area contributed by atoms with E-state index in [1.165, 1.54) is 96.3 Å². The lowest BCUT2D eigenvalue weighted by Crippen LogP contribution is -2.42. The smallest absolute Gasteiger partial charge is 0.0844 e. The van der Waals surface area contributed by atoms with Crippen LogP contribution in [0.5, 0.6) is 0 Å². The van der Waals surface area contributed by atoms with Crippen LogP contribution in [0.4, 0.5) is 0 Å². The minimum atomic E-state index is -1.20. The summed E-state index contributed by atoms with van der Waals surface area (Å²) in [5.41, 5.74) is 1.03. The molecule has 0 aromatic heterocycles. The van der Waals surface area contributed by atoms with Crippen LogP contribution in [0.25, 0.3) is 0 Å². The molecule has 0 radical (unpaired) electrons. The molecule has 28 heavy (non-hydrogen) atoms. The van der Waals surface area contributed by atoms with E-state index in [0.29, 0.717) is 12.2 Å². The lowest BCUT2D eigenvalue weighted by Gasteiger charge is -2.43. The van der Waals surface area contributed by atoms with E-state index in [-0.39, 0.29) is 0 Å². The van der Waals surface area contributed by atoms with Crippen LogP contribution < -0.4 is 0 Å². The summed E-state index contributed by atoms with van der Waals surface area (Å²) >= 11 is 0. The highest BCUT2D eigenvalue weighted by Crippen LogP contribution is 2.50. The predicted octanol–water partition coefficient (Wildman–Crippen LogP) is 9.13. The van der Waals surface area contributed by atoms with Gasteiger partial charge in [-0.05, 0) is 30.7 Å². The standard InChI is InChI=1S/C26H52OSi/c1-5-8-11-14-19-28(20-15-12-9-6-2,21-16-13-10-7-3)23(4)24-17-18-25-26(22-24)27-25/h23-26H,5-22H2,1-4H3. The largest absolute Gasteiger partial charge is 0.370 e. The van der Waals surface area contributed by atoms with Crippen molar-refractivity contribution in [3.63, 3.8) is 0 Å². The summed E-state index contributed by atoms with van der Waals surface area (Å²) in [4.78, 5) is 0. The van der Waals surface area contributed by atoms with E-state index >= 15 is 0 Å². The highest BCUT2D eigenvalue weighted by molar-refractivity contribution is 6.81. The normalized spacial score (nSPS) is 25.5. The molecule has 166 valence electrons. The molecular formula is C26H52OSi. The van der Waals surface area contributed by atoms with Crippen molar-refractivity contribution in [3.05, 3.63) is 0 Å². The maximum Gasteiger partial charge on any atom is 0.0844 e. The Labute approximate surface area is 178 Å². The van der Waals surface area contributed by atoms with Crippen molar-refractivity contribution in [1.82, 2.24) is 0 Å². The Kier molecular flexibility index (Phi) is 11.8. The average Bonchev–Trinajstić information content (AvgIpc) is 3.49. The van der Waals surface area contributed by atoms with Gasteiger partial charge in [-0.25, -0.2) is 0 Å². The fourth-order valence-electron chi connectivity index (χ4n) is 6.16. The second kappa shape index (κ2) is 13.5. The topological polar surface area (TPSA) is 12.5 Å². The van der Waals surface area contributed by atoms with Gasteiger partial charge in [0.25, 0.3) is 0 Å². The van der Waals surface area contributed by atoms with Crippen LogP contribution in [0.1, 0.15) is 124 Å². The van der Waals surface area contributed by atoms with Gasteiger partial charge in [-0.3, -0.25) is 0 Å². The maximum atomic E-state index is 5.93. The molecule has 1 aliphatic carbocycles. The Hall–Kier alpha value is 0.177. The zero-order chi connectivity index (χ0) is 20.2. The first kappa shape index (κ1) is 24.4. The summed E-state index contributed by atoms with van der Waals surface area (Å²) in [6.45, 7) is 9.80. The summed E-state index contributed by atoms with van der Waals surface area (Å²) in [7, 11) is -1.20. The van der Waals surface area contributed by atoms with Crippen molar-refractivity contribution in [2.75, 3.05) is 0 Å². The van der Waals surface area contributed by atoms with Gasteiger partial charge in [0.2, 0.25) is 0 Å². The Morgan fingerprint density at radius 2 is 1.18 bits per heavy atom. The molecule has 1 nitrogen and oxygen atoms in total. The number of epoxide rings is 1. The van der Waals surface area contributed by atoms with Gasteiger partial charge < -0.3 is 4.74 Å². The minimum Gasteiger partial charge on any atom is -0.370 e. The third-order valence-corrected chi connectivity index (χ3v) is 14.8. The lowest BCUT2D eigenvalue weighted by atomic mass is 9.87. The zero-order valence-corrected chi connectivity index (χ0v) is 20.9. The molecule has 0 bridgehead atoms. The number of unbranched alkanes of at least 4 members (excludes halogenated alkanes) is 9. The Morgan fingerprint density at radius 1 is 0.679 bits per heavy atom. The Morgan fingerprint density at radius 3 is 1.61 bits per heavy atom. The molecule has 2 rings (SSSR count). The monoisotopic (exact) mass is 408 g/mol. The molecule has 0 aromatic carbocycles. The Balaban J connectivity index is 2.03. The van der Waals surface area contributed by atoms with Gasteiger partial charge in [-0.1, -0.05) is 123 Å². The SMILES string of the molecule is CCCCCC[Si](CCCCCC)(CCCCCC)C(C)C1CCC2OC2C1. The first-order valence-corrected chi connectivity index (χ1v) is 16.0. The van der Waals surface area contributed by atoms with Gasteiger partial charge >= 0.3 is 0 Å². The summed E-state index contributed by atoms with van der Waals surface area (Å²) in [5.74, 6) is 0.985. The number of ether oxygens (including phenoxy) is 1. The first-order chi connectivity index (χ1) is 13.7. The van der Waals surface area contributed by atoms with Crippen molar-refractivity contribution in [2.24, 2.45) is 5.92 Å². The number of rotatable bonds is 17. The fraction of sp³-hybridized carbons (Fsp3) is 1.00. The summed E-state index contributed by atoms with van der Waals surface area (Å²) in [6, 6.07) is 4.91. The van der Waals surface area contributed by atoms with Crippen LogP contribution in [0.3, 0.4) is 0 Å². The molecule has 2 fully saturated rings. The molecule has 0 aromatic rings. The zero-order valence-electron chi connectivity index (χ0n) is 19.9. The molecule has 1 saturated heterocycles. The molecule has 4 unspecified atom stereocenters. The molecule has 0 spiro atoms. The quantitative estimate of drug-likeness (QED) is 0.133. The third-order valence-electron chi connectivity index (χ3n) is 8.30. The molecule has 2 heteroatoms. The van der Waals surface area contributed by atoms with Crippen molar-refractivity contribution < 1.29 is 4.74 Å². The van der Waals surface area contributed by atoms with E-state index in [4.69, 9.17) is 4.74 Å². The third kappa shape index (κ3) is 7.78. The first-order valence-electron chi connectivity index (χ1n) is 13.3. The molecule has 0 amide bonds. The average molecular weight is 409 g/mol. The summed E-state index contributed by atoms with van der Waals surface area (Å²) < 4.78 is 5.93. The van der Waals surface area contributed by atoms with Crippen molar-refractivity contribution in [3.8, 4) is 0 Å². The van der Waals surface area contributed by atoms with Crippen LogP contribution >= 0.6 is 0 Å². The minimum absolute atomic E-state index is 0.660. The summed E-state index contributed by atoms with van der Waals surface area (Å²) in [5, 5.41) is 0. The number of fused-ring (bicyclic) bond motifs is 1. The van der Waals surface area contributed by atoms with Crippen LogP contribution in [0.15, 0.2) is 0 Å². The van der Waals surface area contributed by atoms with Gasteiger partial charge in [0.15, 0.2) is 0 Å². The molecular weight excluding hydrogens is 356 g/mol. The summed E-state index contributed by atoms with van der Waals surface area (Å²) in [6.07, 6.45) is 23.1. The lowest BCUT2D eigenvalue weighted by molar-refractivity contribution is 0.353. The Bertz CT molecular complexity index is 365. The maximum absolute atomic E-state index is 5.93. The van der Waals surface area contributed by atoms with E-state index < -0.39 is 8.07 Å². The molecule has 1 saturated carbocycles. The van der Waals surface area contributed by atoms with Gasteiger partial charge in [-0.2, -0.15) is 0 Å². The van der Waals surface area contributed by atoms with E-state index in [1.807, 2.05) is 0 Å².